The van der Waals surface area contributed by atoms with Gasteiger partial charge in [-0.2, -0.15) is 0 Å². The van der Waals surface area contributed by atoms with Crippen molar-refractivity contribution in [3.05, 3.63) is 64.2 Å². The van der Waals surface area contributed by atoms with Crippen molar-refractivity contribution in [1.29, 1.82) is 0 Å². The summed E-state index contributed by atoms with van der Waals surface area (Å²) in [5.41, 5.74) is 1.16. The zero-order chi connectivity index (χ0) is 20.2. The lowest BCUT2D eigenvalue weighted by Crippen LogP contribution is -2.33. The summed E-state index contributed by atoms with van der Waals surface area (Å²) in [6, 6.07) is 11.1. The maximum absolute atomic E-state index is 12.2. The zero-order valence-electron chi connectivity index (χ0n) is 14.4. The Bertz CT molecular complexity index is 828. The molecule has 0 spiro atoms. The van der Waals surface area contributed by atoms with Crippen molar-refractivity contribution >= 4 is 28.7 Å². The molecule has 27 heavy (non-hydrogen) atoms. The number of ether oxygens (including phenoxy) is 1. The summed E-state index contributed by atoms with van der Waals surface area (Å²) in [6.45, 7) is 1.83. The number of hydrogen-bond acceptors (Lipinski definition) is 4. The van der Waals surface area contributed by atoms with Crippen LogP contribution < -0.4 is 10.1 Å². The van der Waals surface area contributed by atoms with Crippen LogP contribution in [0.25, 0.3) is 0 Å². The van der Waals surface area contributed by atoms with E-state index < -0.39 is 11.3 Å². The average Bonchev–Trinajstić information content (AvgIpc) is 2.61. The van der Waals surface area contributed by atoms with Crippen molar-refractivity contribution in [3.63, 3.8) is 0 Å². The largest absolute Gasteiger partial charge is 0.573 e. The van der Waals surface area contributed by atoms with E-state index in [2.05, 4.69) is 10.1 Å². The molecule has 0 heterocycles. The van der Waals surface area contributed by atoms with E-state index >= 15 is 0 Å². The second-order valence-corrected chi connectivity index (χ2v) is 6.03. The number of nitrogens with one attached hydrogen (secondary N) is 1. The molecule has 0 saturated heterocycles. The molecule has 2 aromatic rings. The van der Waals surface area contributed by atoms with E-state index in [9.17, 15) is 23.3 Å². The molecule has 0 aliphatic carbocycles. The van der Waals surface area contributed by atoms with Crippen LogP contribution in [0.15, 0.2) is 48.5 Å². The molecule has 1 N–H and O–H groups in total. The number of nitro groups is 1. The molecule has 6 nitrogen and oxygen atoms in total. The second-order valence-electron chi connectivity index (χ2n) is 5.64. The first-order valence-electron chi connectivity index (χ1n) is 7.71. The van der Waals surface area contributed by atoms with E-state index in [0.717, 1.165) is 0 Å². The van der Waals surface area contributed by atoms with Gasteiger partial charge in [0.25, 0.3) is 5.69 Å². The number of nitrogens with zero attached hydrogens (tertiary/aromatic N) is 2. The van der Waals surface area contributed by atoms with E-state index in [1.807, 2.05) is 6.92 Å². The van der Waals surface area contributed by atoms with Gasteiger partial charge in [0.15, 0.2) is 5.11 Å². The highest BCUT2D eigenvalue weighted by atomic mass is 32.1. The van der Waals surface area contributed by atoms with Crippen LogP contribution in [0.4, 0.5) is 24.5 Å². The van der Waals surface area contributed by atoms with Crippen LogP contribution in [0, 0.1) is 10.1 Å². The van der Waals surface area contributed by atoms with E-state index in [-0.39, 0.29) is 17.5 Å². The number of rotatable bonds is 5. The minimum Gasteiger partial charge on any atom is -0.406 e. The maximum atomic E-state index is 12.2. The maximum Gasteiger partial charge on any atom is 0.573 e. The quantitative estimate of drug-likeness (QED) is 0.439. The molecule has 0 aromatic heterocycles. The molecule has 10 heteroatoms. The number of anilines is 1. The molecule has 0 radical (unpaired) electrons. The van der Waals surface area contributed by atoms with Gasteiger partial charge in [-0.05, 0) is 49.0 Å². The first kappa shape index (κ1) is 20.4. The molecule has 0 aliphatic heterocycles. The topological polar surface area (TPSA) is 67.6 Å². The first-order chi connectivity index (χ1) is 12.6. The summed E-state index contributed by atoms with van der Waals surface area (Å²) in [6.07, 6.45) is -4.75. The van der Waals surface area contributed by atoms with Crippen molar-refractivity contribution in [2.45, 2.75) is 19.3 Å². The third-order valence-electron chi connectivity index (χ3n) is 3.80. The molecule has 144 valence electrons. The van der Waals surface area contributed by atoms with Crippen LogP contribution in [-0.2, 0) is 0 Å². The van der Waals surface area contributed by atoms with Crippen LogP contribution in [0.1, 0.15) is 18.5 Å². The molecule has 1 atom stereocenters. The lowest BCUT2D eigenvalue weighted by Gasteiger charge is -2.28. The van der Waals surface area contributed by atoms with Gasteiger partial charge in [0, 0.05) is 24.9 Å². The first-order valence-corrected chi connectivity index (χ1v) is 8.11. The molecular weight excluding hydrogens is 383 g/mol. The number of nitro benzene ring substituents is 1. The summed E-state index contributed by atoms with van der Waals surface area (Å²) >= 11 is 5.31. The molecule has 0 bridgehead atoms. The number of halogens is 3. The van der Waals surface area contributed by atoms with E-state index in [4.69, 9.17) is 12.2 Å². The SMILES string of the molecule is C[C@H](c1cccc([N+](=O)[O-])c1)N(C)C(=S)Nc1ccc(OC(F)(F)F)cc1. The third kappa shape index (κ3) is 5.81. The van der Waals surface area contributed by atoms with Gasteiger partial charge < -0.3 is 15.0 Å². The number of thiocarbonyl (C=S) groups is 1. The Labute approximate surface area is 158 Å². The highest BCUT2D eigenvalue weighted by Crippen LogP contribution is 2.26. The fraction of sp³-hybridized carbons (Fsp3) is 0.235. The Balaban J connectivity index is 2.04. The number of hydrogen-bond donors (Lipinski definition) is 1. The lowest BCUT2D eigenvalue weighted by molar-refractivity contribution is -0.384. The smallest absolute Gasteiger partial charge is 0.406 e. The predicted molar refractivity (Wildman–Crippen MR) is 98.6 cm³/mol. The molecule has 0 unspecified atom stereocenters. The molecule has 0 fully saturated rings. The highest BCUT2D eigenvalue weighted by molar-refractivity contribution is 7.80. The fourth-order valence-corrected chi connectivity index (χ4v) is 2.53. The summed E-state index contributed by atoms with van der Waals surface area (Å²) in [5, 5.41) is 14.1. The van der Waals surface area contributed by atoms with Crippen molar-refractivity contribution in [2.75, 3.05) is 12.4 Å². The van der Waals surface area contributed by atoms with Gasteiger partial charge in [-0.15, -0.1) is 13.2 Å². The van der Waals surface area contributed by atoms with Gasteiger partial charge in [0.2, 0.25) is 0 Å². The standard InChI is InChI=1S/C17H16F3N3O3S/c1-11(12-4-3-5-14(10-12)23(24)25)22(2)16(27)21-13-6-8-15(9-7-13)26-17(18,19)20/h3-11H,1-2H3,(H,21,27)/t11-/m1/s1. The van der Waals surface area contributed by atoms with Crippen LogP contribution in [0.5, 0.6) is 5.75 Å². The molecular formula is C17H16F3N3O3S. The lowest BCUT2D eigenvalue weighted by atomic mass is 10.1. The normalized spacial score (nSPS) is 12.2. The summed E-state index contributed by atoms with van der Waals surface area (Å²) in [5.74, 6) is -0.336. The zero-order valence-corrected chi connectivity index (χ0v) is 15.2. The minimum atomic E-state index is -4.75. The highest BCUT2D eigenvalue weighted by Gasteiger charge is 2.31. The van der Waals surface area contributed by atoms with Crippen LogP contribution in [0.3, 0.4) is 0 Å². The Morgan fingerprint density at radius 1 is 1.26 bits per heavy atom. The summed E-state index contributed by atoms with van der Waals surface area (Å²) in [4.78, 5) is 12.1. The van der Waals surface area contributed by atoms with Crippen molar-refractivity contribution in [3.8, 4) is 5.75 Å². The number of non-ortho nitro benzene ring substituents is 1. The van der Waals surface area contributed by atoms with Crippen molar-refractivity contribution in [1.82, 2.24) is 4.90 Å². The summed E-state index contributed by atoms with van der Waals surface area (Å²) in [7, 11) is 1.71. The third-order valence-corrected chi connectivity index (χ3v) is 4.19. The number of alkyl halides is 3. The number of benzene rings is 2. The van der Waals surface area contributed by atoms with Gasteiger partial charge in [-0.25, -0.2) is 0 Å². The van der Waals surface area contributed by atoms with Crippen LogP contribution in [0.2, 0.25) is 0 Å². The van der Waals surface area contributed by atoms with E-state index in [0.29, 0.717) is 16.4 Å². The minimum absolute atomic E-state index is 0.0214. The van der Waals surface area contributed by atoms with E-state index in [1.54, 1.807) is 24.1 Å². The van der Waals surface area contributed by atoms with Gasteiger partial charge >= 0.3 is 6.36 Å². The molecule has 0 aliphatic rings. The Kier molecular flexibility index (Phi) is 6.21. The van der Waals surface area contributed by atoms with E-state index in [1.165, 1.54) is 36.4 Å². The average molecular weight is 399 g/mol. The van der Waals surface area contributed by atoms with Crippen molar-refractivity contribution < 1.29 is 22.8 Å². The van der Waals surface area contributed by atoms with Gasteiger partial charge in [0.1, 0.15) is 5.75 Å². The van der Waals surface area contributed by atoms with Crippen LogP contribution >= 0.6 is 12.2 Å². The summed E-state index contributed by atoms with van der Waals surface area (Å²) < 4.78 is 40.3. The Morgan fingerprint density at radius 2 is 1.89 bits per heavy atom. The predicted octanol–water partition coefficient (Wildman–Crippen LogP) is 4.88. The molecule has 0 amide bonds. The molecule has 2 rings (SSSR count). The monoisotopic (exact) mass is 399 g/mol. The van der Waals surface area contributed by atoms with Gasteiger partial charge in [-0.1, -0.05) is 12.1 Å². The Morgan fingerprint density at radius 3 is 2.44 bits per heavy atom. The molecule has 2 aromatic carbocycles. The van der Waals surface area contributed by atoms with Gasteiger partial charge in [-0.3, -0.25) is 10.1 Å². The van der Waals surface area contributed by atoms with Crippen LogP contribution in [-0.4, -0.2) is 28.3 Å². The second kappa shape index (κ2) is 8.21. The molecule has 0 saturated carbocycles. The fourth-order valence-electron chi connectivity index (χ4n) is 2.25. The van der Waals surface area contributed by atoms with Gasteiger partial charge in [0.05, 0.1) is 11.0 Å². The van der Waals surface area contributed by atoms with Crippen molar-refractivity contribution in [2.24, 2.45) is 0 Å². The Hall–Kier alpha value is -2.88.